The van der Waals surface area contributed by atoms with Crippen LogP contribution in [0.4, 0.5) is 0 Å². The third kappa shape index (κ3) is 2.62. The highest BCUT2D eigenvalue weighted by Crippen LogP contribution is 2.28. The fraction of sp³-hybridized carbons (Fsp3) is 0.286. The van der Waals surface area contributed by atoms with Crippen LogP contribution in [0.1, 0.15) is 6.42 Å². The number of nitrogens with one attached hydrogen (secondary N) is 1. The van der Waals surface area contributed by atoms with Crippen LogP contribution >= 0.6 is 15.9 Å². The number of hydrogen-bond donors (Lipinski definition) is 2. The zero-order valence-electron chi connectivity index (χ0n) is 10.5. The topological polar surface area (TPSA) is 71.5 Å². The van der Waals surface area contributed by atoms with Crippen LogP contribution in [-0.2, 0) is 4.79 Å². The van der Waals surface area contributed by atoms with Crippen molar-refractivity contribution >= 4 is 32.7 Å². The molecule has 0 radical (unpaired) electrons. The van der Waals surface area contributed by atoms with E-state index >= 15 is 0 Å². The average molecular weight is 337 g/mol. The van der Waals surface area contributed by atoms with Crippen molar-refractivity contribution in [3.8, 4) is 5.88 Å². The predicted molar refractivity (Wildman–Crippen MR) is 77.9 cm³/mol. The lowest BCUT2D eigenvalue weighted by atomic mass is 10.1. The molecule has 0 amide bonds. The van der Waals surface area contributed by atoms with Crippen LogP contribution in [0, 0.1) is 0 Å². The van der Waals surface area contributed by atoms with Gasteiger partial charge in [0, 0.05) is 29.0 Å². The van der Waals surface area contributed by atoms with Gasteiger partial charge in [0.25, 0.3) is 0 Å². The molecule has 3 rings (SSSR count). The summed E-state index contributed by atoms with van der Waals surface area (Å²) in [5.74, 6) is -0.300. The zero-order valence-corrected chi connectivity index (χ0v) is 12.1. The maximum Gasteiger partial charge on any atom is 0.320 e. The molecule has 0 bridgehead atoms. The van der Waals surface area contributed by atoms with Gasteiger partial charge in [-0.15, -0.1) is 0 Å². The van der Waals surface area contributed by atoms with Crippen molar-refractivity contribution in [1.29, 1.82) is 0 Å². The second-order valence-electron chi connectivity index (χ2n) is 4.76. The Bertz CT molecular complexity index is 662. The number of rotatable bonds is 3. The highest BCUT2D eigenvalue weighted by Gasteiger charge is 2.30. The molecule has 0 unspecified atom stereocenters. The SMILES string of the molecule is O=C(O)[C@@H]1C[C@@H](Oc2nccc3ccc(Br)cc23)CN1. The summed E-state index contributed by atoms with van der Waals surface area (Å²) in [6.07, 6.45) is 1.97. The van der Waals surface area contributed by atoms with Gasteiger partial charge in [-0.2, -0.15) is 0 Å². The van der Waals surface area contributed by atoms with Crippen molar-refractivity contribution < 1.29 is 14.6 Å². The molecule has 104 valence electrons. The van der Waals surface area contributed by atoms with Crippen molar-refractivity contribution in [3.63, 3.8) is 0 Å². The Balaban J connectivity index is 1.85. The minimum atomic E-state index is -0.843. The number of carboxylic acid groups (broad SMARTS) is 1. The Kier molecular flexibility index (Phi) is 3.58. The Morgan fingerprint density at radius 3 is 3.05 bits per heavy atom. The van der Waals surface area contributed by atoms with E-state index in [-0.39, 0.29) is 6.10 Å². The lowest BCUT2D eigenvalue weighted by molar-refractivity contribution is -0.139. The molecule has 1 aliphatic heterocycles. The normalized spacial score (nSPS) is 22.1. The van der Waals surface area contributed by atoms with Gasteiger partial charge in [0.2, 0.25) is 5.88 Å². The molecule has 1 aliphatic rings. The smallest absolute Gasteiger partial charge is 0.320 e. The molecule has 1 aromatic carbocycles. The molecular formula is C14H13BrN2O3. The van der Waals surface area contributed by atoms with Crippen molar-refractivity contribution in [1.82, 2.24) is 10.3 Å². The van der Waals surface area contributed by atoms with Gasteiger partial charge in [-0.05, 0) is 23.6 Å². The Morgan fingerprint density at radius 2 is 2.30 bits per heavy atom. The predicted octanol–water partition coefficient (Wildman–Crippen LogP) is 2.19. The van der Waals surface area contributed by atoms with Crippen molar-refractivity contribution in [2.45, 2.75) is 18.6 Å². The van der Waals surface area contributed by atoms with E-state index in [1.165, 1.54) is 0 Å². The maximum absolute atomic E-state index is 10.9. The first-order valence-corrected chi connectivity index (χ1v) is 7.10. The van der Waals surface area contributed by atoms with E-state index < -0.39 is 12.0 Å². The van der Waals surface area contributed by atoms with Crippen molar-refractivity contribution in [2.75, 3.05) is 6.54 Å². The van der Waals surface area contributed by atoms with Crippen LogP contribution in [0.15, 0.2) is 34.9 Å². The third-order valence-electron chi connectivity index (χ3n) is 3.36. The molecule has 5 nitrogen and oxygen atoms in total. The molecule has 20 heavy (non-hydrogen) atoms. The van der Waals surface area contributed by atoms with Crippen molar-refractivity contribution in [3.05, 3.63) is 34.9 Å². The summed E-state index contributed by atoms with van der Waals surface area (Å²) in [5.41, 5.74) is 0. The van der Waals surface area contributed by atoms with E-state index in [2.05, 4.69) is 26.2 Å². The molecule has 1 fully saturated rings. The van der Waals surface area contributed by atoms with Crippen LogP contribution < -0.4 is 10.1 Å². The summed E-state index contributed by atoms with van der Waals surface area (Å²) >= 11 is 3.43. The van der Waals surface area contributed by atoms with E-state index in [1.807, 2.05) is 24.3 Å². The van der Waals surface area contributed by atoms with E-state index in [1.54, 1.807) is 6.20 Å². The average Bonchev–Trinajstić information content (AvgIpc) is 2.88. The Labute approximate surface area is 124 Å². The number of pyridine rings is 1. The number of carbonyl (C=O) groups is 1. The fourth-order valence-corrected chi connectivity index (χ4v) is 2.71. The molecule has 0 spiro atoms. The lowest BCUT2D eigenvalue weighted by Crippen LogP contribution is -2.30. The first kappa shape index (κ1) is 13.3. The molecule has 6 heteroatoms. The molecular weight excluding hydrogens is 324 g/mol. The lowest BCUT2D eigenvalue weighted by Gasteiger charge is -2.13. The number of benzene rings is 1. The highest BCUT2D eigenvalue weighted by atomic mass is 79.9. The Morgan fingerprint density at radius 1 is 1.45 bits per heavy atom. The van der Waals surface area contributed by atoms with Crippen LogP contribution in [0.3, 0.4) is 0 Å². The summed E-state index contributed by atoms with van der Waals surface area (Å²) < 4.78 is 6.82. The highest BCUT2D eigenvalue weighted by molar-refractivity contribution is 9.10. The summed E-state index contributed by atoms with van der Waals surface area (Å²) in [4.78, 5) is 15.2. The van der Waals surface area contributed by atoms with E-state index in [0.717, 1.165) is 15.2 Å². The summed E-state index contributed by atoms with van der Waals surface area (Å²) in [6.45, 7) is 0.517. The van der Waals surface area contributed by atoms with Crippen LogP contribution in [0.5, 0.6) is 5.88 Å². The van der Waals surface area contributed by atoms with E-state index in [4.69, 9.17) is 9.84 Å². The van der Waals surface area contributed by atoms with Gasteiger partial charge in [-0.3, -0.25) is 4.79 Å². The number of fused-ring (bicyclic) bond motifs is 1. The minimum absolute atomic E-state index is 0.173. The summed E-state index contributed by atoms with van der Waals surface area (Å²) in [6, 6.07) is 7.28. The van der Waals surface area contributed by atoms with Gasteiger partial charge in [-0.25, -0.2) is 4.98 Å². The van der Waals surface area contributed by atoms with E-state index in [9.17, 15) is 4.79 Å². The van der Waals surface area contributed by atoms with Gasteiger partial charge in [-0.1, -0.05) is 22.0 Å². The molecule has 1 aromatic heterocycles. The van der Waals surface area contributed by atoms with Gasteiger partial charge in [0.1, 0.15) is 12.1 Å². The summed E-state index contributed by atoms with van der Waals surface area (Å²) in [7, 11) is 0. The number of aromatic nitrogens is 1. The maximum atomic E-state index is 10.9. The largest absolute Gasteiger partial charge is 0.480 e. The molecule has 0 aliphatic carbocycles. The number of ether oxygens (including phenoxy) is 1. The fourth-order valence-electron chi connectivity index (χ4n) is 2.35. The standard InChI is InChI=1S/C14H13BrN2O3/c15-9-2-1-8-3-4-16-13(11(8)5-9)20-10-6-12(14(18)19)17-7-10/h1-5,10,12,17H,6-7H2,(H,18,19)/t10-,12+/m1/s1. The number of hydrogen-bond acceptors (Lipinski definition) is 4. The molecule has 2 heterocycles. The Hall–Kier alpha value is -1.66. The first-order valence-electron chi connectivity index (χ1n) is 6.30. The third-order valence-corrected chi connectivity index (χ3v) is 3.85. The monoisotopic (exact) mass is 336 g/mol. The molecule has 2 N–H and O–H groups in total. The second-order valence-corrected chi connectivity index (χ2v) is 5.67. The van der Waals surface area contributed by atoms with E-state index in [0.29, 0.717) is 18.8 Å². The van der Waals surface area contributed by atoms with Crippen LogP contribution in [0.25, 0.3) is 10.8 Å². The zero-order chi connectivity index (χ0) is 14.1. The molecule has 1 saturated heterocycles. The first-order chi connectivity index (χ1) is 9.63. The summed E-state index contributed by atoms with van der Waals surface area (Å²) in [5, 5.41) is 13.8. The van der Waals surface area contributed by atoms with Gasteiger partial charge in [0.05, 0.1) is 0 Å². The van der Waals surface area contributed by atoms with Gasteiger partial charge < -0.3 is 15.2 Å². The van der Waals surface area contributed by atoms with Crippen LogP contribution in [-0.4, -0.2) is 34.8 Å². The molecule has 2 aromatic rings. The van der Waals surface area contributed by atoms with Gasteiger partial charge in [0.15, 0.2) is 0 Å². The van der Waals surface area contributed by atoms with Crippen LogP contribution in [0.2, 0.25) is 0 Å². The minimum Gasteiger partial charge on any atom is -0.480 e. The molecule has 2 atom stereocenters. The van der Waals surface area contributed by atoms with Gasteiger partial charge >= 0.3 is 5.97 Å². The van der Waals surface area contributed by atoms with Crippen molar-refractivity contribution in [2.24, 2.45) is 0 Å². The number of nitrogens with zero attached hydrogens (tertiary/aromatic N) is 1. The quantitative estimate of drug-likeness (QED) is 0.898. The number of halogens is 1. The number of carboxylic acids is 1. The number of aliphatic carboxylic acids is 1. The second kappa shape index (κ2) is 5.38. The molecule has 0 saturated carbocycles.